The number of hydrogen-bond donors (Lipinski definition) is 3. The molecule has 0 fully saturated rings. The van der Waals surface area contributed by atoms with Crippen LogP contribution in [0.2, 0.25) is 0 Å². The number of fused-ring (bicyclic) bond motifs is 2. The maximum Gasteiger partial charge on any atom is 0.225 e. The van der Waals surface area contributed by atoms with Crippen LogP contribution in [0.15, 0.2) is 29.0 Å². The van der Waals surface area contributed by atoms with E-state index in [1.54, 1.807) is 19.7 Å². The summed E-state index contributed by atoms with van der Waals surface area (Å²) in [5.41, 5.74) is 2.77. The normalized spacial score (nSPS) is 11.3. The number of H-pyrrole nitrogens is 2. The number of imidazole rings is 2. The van der Waals surface area contributed by atoms with Gasteiger partial charge in [0.15, 0.2) is 11.3 Å². The van der Waals surface area contributed by atoms with Crippen LogP contribution in [0.1, 0.15) is 0 Å². The summed E-state index contributed by atoms with van der Waals surface area (Å²) in [6.45, 7) is 0. The SMILES string of the molecule is CNc1nc(Sc2ncnc3nc[nH]c23)c2[nH]cnc2n1. The average Bonchev–Trinajstić information content (AvgIpc) is 3.16. The van der Waals surface area contributed by atoms with Crippen molar-refractivity contribution in [2.75, 3.05) is 12.4 Å². The van der Waals surface area contributed by atoms with Crippen molar-refractivity contribution in [3.05, 3.63) is 19.0 Å². The molecule has 0 atom stereocenters. The van der Waals surface area contributed by atoms with Crippen molar-refractivity contribution in [3.8, 4) is 0 Å². The Hall–Kier alpha value is -2.75. The summed E-state index contributed by atoms with van der Waals surface area (Å²) in [6.07, 6.45) is 4.67. The van der Waals surface area contributed by atoms with E-state index in [0.717, 1.165) is 21.1 Å². The summed E-state index contributed by atoms with van der Waals surface area (Å²) in [6, 6.07) is 0. The topological polar surface area (TPSA) is 121 Å². The van der Waals surface area contributed by atoms with Gasteiger partial charge in [-0.1, -0.05) is 0 Å². The fraction of sp³-hybridized carbons (Fsp3) is 0.0909. The Labute approximate surface area is 122 Å². The molecule has 0 saturated carbocycles. The summed E-state index contributed by atoms with van der Waals surface area (Å²) in [4.78, 5) is 31.5. The van der Waals surface area contributed by atoms with Gasteiger partial charge in [-0.2, -0.15) is 4.98 Å². The van der Waals surface area contributed by atoms with Crippen LogP contribution in [-0.4, -0.2) is 46.9 Å². The molecule has 4 aromatic rings. The maximum absolute atomic E-state index is 4.45. The molecule has 0 amide bonds. The van der Waals surface area contributed by atoms with Gasteiger partial charge in [-0.25, -0.2) is 24.9 Å². The lowest BCUT2D eigenvalue weighted by Gasteiger charge is -2.04. The first-order chi connectivity index (χ1) is 10.3. The number of hydrogen-bond acceptors (Lipinski definition) is 8. The highest BCUT2D eigenvalue weighted by molar-refractivity contribution is 7.99. The summed E-state index contributed by atoms with van der Waals surface area (Å²) in [5.74, 6) is 0.506. The molecular weight excluding hydrogens is 290 g/mol. The molecule has 0 spiro atoms. The summed E-state index contributed by atoms with van der Waals surface area (Å²) < 4.78 is 0. The van der Waals surface area contributed by atoms with Crippen molar-refractivity contribution in [1.82, 2.24) is 39.9 Å². The van der Waals surface area contributed by atoms with E-state index in [0.29, 0.717) is 17.2 Å². The highest BCUT2D eigenvalue weighted by Crippen LogP contribution is 2.32. The molecule has 104 valence electrons. The van der Waals surface area contributed by atoms with E-state index in [1.165, 1.54) is 18.1 Å². The molecule has 0 saturated heterocycles. The number of aromatic amines is 2. The molecule has 10 heteroatoms. The van der Waals surface area contributed by atoms with Gasteiger partial charge in [-0.05, 0) is 11.8 Å². The van der Waals surface area contributed by atoms with Gasteiger partial charge in [0.2, 0.25) is 5.95 Å². The van der Waals surface area contributed by atoms with Crippen molar-refractivity contribution in [2.45, 2.75) is 10.1 Å². The third-order valence-electron chi connectivity index (χ3n) is 2.86. The third-order valence-corrected chi connectivity index (χ3v) is 3.85. The molecule has 4 rings (SSSR count). The van der Waals surface area contributed by atoms with E-state index in [1.807, 2.05) is 0 Å². The quantitative estimate of drug-likeness (QED) is 0.483. The van der Waals surface area contributed by atoms with Crippen LogP contribution in [0.25, 0.3) is 22.3 Å². The zero-order valence-corrected chi connectivity index (χ0v) is 11.6. The van der Waals surface area contributed by atoms with Crippen LogP contribution in [0.5, 0.6) is 0 Å². The molecular formula is C11H9N9S. The number of rotatable bonds is 3. The summed E-state index contributed by atoms with van der Waals surface area (Å²) >= 11 is 1.40. The van der Waals surface area contributed by atoms with Gasteiger partial charge < -0.3 is 15.3 Å². The molecule has 0 aliphatic carbocycles. The summed E-state index contributed by atoms with van der Waals surface area (Å²) in [5, 5.41) is 4.40. The van der Waals surface area contributed by atoms with Crippen LogP contribution < -0.4 is 5.32 Å². The molecule has 0 aliphatic rings. The van der Waals surface area contributed by atoms with Crippen LogP contribution in [0, 0.1) is 0 Å². The number of aromatic nitrogens is 8. The second kappa shape index (κ2) is 4.66. The second-order valence-corrected chi connectivity index (χ2v) is 5.06. The Kier molecular flexibility index (Phi) is 2.67. The van der Waals surface area contributed by atoms with Crippen LogP contribution in [0.4, 0.5) is 5.95 Å². The van der Waals surface area contributed by atoms with E-state index < -0.39 is 0 Å². The zero-order chi connectivity index (χ0) is 14.2. The maximum atomic E-state index is 4.45. The highest BCUT2D eigenvalue weighted by Gasteiger charge is 2.14. The van der Waals surface area contributed by atoms with Gasteiger partial charge in [0.1, 0.15) is 27.4 Å². The van der Waals surface area contributed by atoms with E-state index >= 15 is 0 Å². The lowest BCUT2D eigenvalue weighted by atomic mass is 10.5. The molecule has 0 bridgehead atoms. The van der Waals surface area contributed by atoms with Crippen molar-refractivity contribution in [3.63, 3.8) is 0 Å². The highest BCUT2D eigenvalue weighted by atomic mass is 32.2. The van der Waals surface area contributed by atoms with Crippen LogP contribution >= 0.6 is 11.8 Å². The van der Waals surface area contributed by atoms with E-state index in [2.05, 4.69) is 45.2 Å². The predicted octanol–water partition coefficient (Wildman–Crippen LogP) is 1.21. The minimum Gasteiger partial charge on any atom is -0.357 e. The number of anilines is 1. The molecule has 0 unspecified atom stereocenters. The van der Waals surface area contributed by atoms with Gasteiger partial charge >= 0.3 is 0 Å². The van der Waals surface area contributed by atoms with Crippen LogP contribution in [0.3, 0.4) is 0 Å². The fourth-order valence-corrected chi connectivity index (χ4v) is 2.82. The number of nitrogens with one attached hydrogen (secondary N) is 3. The van der Waals surface area contributed by atoms with E-state index in [9.17, 15) is 0 Å². The lowest BCUT2D eigenvalue weighted by molar-refractivity contribution is 1.05. The number of nitrogens with zero attached hydrogens (tertiary/aromatic N) is 6. The molecule has 4 heterocycles. The van der Waals surface area contributed by atoms with Gasteiger partial charge in [-0.3, -0.25) is 0 Å². The van der Waals surface area contributed by atoms with Crippen molar-refractivity contribution in [1.29, 1.82) is 0 Å². The van der Waals surface area contributed by atoms with Gasteiger partial charge in [-0.15, -0.1) is 0 Å². The van der Waals surface area contributed by atoms with Gasteiger partial charge in [0.05, 0.1) is 12.7 Å². The first-order valence-electron chi connectivity index (χ1n) is 6.06. The van der Waals surface area contributed by atoms with Crippen molar-refractivity contribution >= 4 is 40.0 Å². The molecule has 21 heavy (non-hydrogen) atoms. The standard InChI is InChI=1S/C11H9N9S/c1-12-11-19-8-6(14-3-17-8)10(20-11)21-9-5-7(15-2-13-5)16-4-18-9/h2-4H,1H3,(H,13,15,16,18)(H2,12,14,17,19,20). The first-order valence-corrected chi connectivity index (χ1v) is 6.87. The third kappa shape index (κ3) is 1.96. The Bertz CT molecular complexity index is 928. The molecule has 0 aliphatic heterocycles. The molecule has 4 aromatic heterocycles. The van der Waals surface area contributed by atoms with Gasteiger partial charge in [0.25, 0.3) is 0 Å². The lowest BCUT2D eigenvalue weighted by Crippen LogP contribution is -1.98. The summed E-state index contributed by atoms with van der Waals surface area (Å²) in [7, 11) is 1.76. The molecule has 9 nitrogen and oxygen atoms in total. The Balaban J connectivity index is 1.87. The second-order valence-electron chi connectivity index (χ2n) is 4.09. The van der Waals surface area contributed by atoms with Crippen LogP contribution in [-0.2, 0) is 0 Å². The zero-order valence-electron chi connectivity index (χ0n) is 10.8. The first kappa shape index (κ1) is 12.0. The molecule has 0 radical (unpaired) electrons. The minimum atomic E-state index is 0.506. The van der Waals surface area contributed by atoms with E-state index in [4.69, 9.17) is 0 Å². The Morgan fingerprint density at radius 3 is 2.48 bits per heavy atom. The average molecular weight is 299 g/mol. The Morgan fingerprint density at radius 2 is 1.67 bits per heavy atom. The monoisotopic (exact) mass is 299 g/mol. The van der Waals surface area contributed by atoms with Gasteiger partial charge in [0, 0.05) is 7.05 Å². The molecule has 3 N–H and O–H groups in total. The van der Waals surface area contributed by atoms with Crippen molar-refractivity contribution in [2.24, 2.45) is 0 Å². The largest absolute Gasteiger partial charge is 0.357 e. The Morgan fingerprint density at radius 1 is 0.905 bits per heavy atom. The minimum absolute atomic E-state index is 0.506. The predicted molar refractivity (Wildman–Crippen MR) is 77.0 cm³/mol. The smallest absolute Gasteiger partial charge is 0.225 e. The van der Waals surface area contributed by atoms with E-state index in [-0.39, 0.29) is 0 Å². The molecule has 0 aromatic carbocycles. The van der Waals surface area contributed by atoms with Crippen molar-refractivity contribution < 1.29 is 0 Å². The fourth-order valence-electron chi connectivity index (χ4n) is 1.90.